The fraction of sp³-hybridized carbons (Fsp3) is 0.700. The van der Waals surface area contributed by atoms with E-state index in [1.807, 2.05) is 13.8 Å². The lowest BCUT2D eigenvalue weighted by molar-refractivity contribution is -0.343. The molecule has 0 rings (SSSR count). The summed E-state index contributed by atoms with van der Waals surface area (Å²) in [5.41, 5.74) is 0.538. The lowest BCUT2D eigenvalue weighted by Gasteiger charge is -2.10. The van der Waals surface area contributed by atoms with E-state index in [4.69, 9.17) is 9.62 Å². The number of rotatable bonds is 6. The summed E-state index contributed by atoms with van der Waals surface area (Å²) in [6, 6.07) is 0. The van der Waals surface area contributed by atoms with Gasteiger partial charge in [0.25, 0.3) is 0 Å². The summed E-state index contributed by atoms with van der Waals surface area (Å²) in [4.78, 5) is 20.4. The summed E-state index contributed by atoms with van der Waals surface area (Å²) < 4.78 is 5.01. The van der Waals surface area contributed by atoms with Gasteiger partial charge in [0.1, 0.15) is 0 Å². The fourth-order valence-corrected chi connectivity index (χ4v) is 0.829. The summed E-state index contributed by atoms with van der Waals surface area (Å²) in [5, 5.41) is 0. The van der Waals surface area contributed by atoms with Crippen molar-refractivity contribution in [2.45, 2.75) is 40.4 Å². The highest BCUT2D eigenvalue weighted by molar-refractivity contribution is 5.87. The minimum Gasteiger partial charge on any atom is -0.349 e. The molecule has 1 atom stereocenters. The van der Waals surface area contributed by atoms with Gasteiger partial charge in [-0.25, -0.2) is 4.79 Å². The predicted molar refractivity (Wildman–Crippen MR) is 52.3 cm³/mol. The van der Waals surface area contributed by atoms with Gasteiger partial charge in [-0.15, -0.1) is 0 Å². The Labute approximate surface area is 84.8 Å². The van der Waals surface area contributed by atoms with Crippen molar-refractivity contribution in [2.24, 2.45) is 0 Å². The molecule has 0 N–H and O–H groups in total. The maximum atomic E-state index is 11.2. The predicted octanol–water partition coefficient (Wildman–Crippen LogP) is 2.20. The van der Waals surface area contributed by atoms with Crippen LogP contribution in [-0.4, -0.2) is 18.9 Å². The molecule has 0 aromatic heterocycles. The van der Waals surface area contributed by atoms with Gasteiger partial charge in [0.2, 0.25) is 0 Å². The molecule has 0 radical (unpaired) electrons. The molecule has 0 aromatic carbocycles. The normalized spacial score (nSPS) is 13.9. The minimum atomic E-state index is -0.529. The Morgan fingerprint density at radius 2 is 2.07 bits per heavy atom. The molecule has 0 bridgehead atoms. The largest absolute Gasteiger partial charge is 0.368 e. The zero-order valence-electron chi connectivity index (χ0n) is 9.20. The molecule has 0 aliphatic heterocycles. The Morgan fingerprint density at radius 3 is 2.57 bits per heavy atom. The number of hydrogen-bond acceptors (Lipinski definition) is 4. The molecular formula is C10H18O4. The summed E-state index contributed by atoms with van der Waals surface area (Å²) >= 11 is 0. The lowest BCUT2D eigenvalue weighted by Crippen LogP contribution is -2.16. The van der Waals surface area contributed by atoms with Crippen molar-refractivity contribution in [3.63, 3.8) is 0 Å². The van der Waals surface area contributed by atoms with E-state index in [2.05, 4.69) is 4.89 Å². The average molecular weight is 202 g/mol. The second-order valence-corrected chi connectivity index (χ2v) is 2.79. The van der Waals surface area contributed by atoms with Gasteiger partial charge in [-0.05, 0) is 27.2 Å². The minimum absolute atomic E-state index is 0.474. The van der Waals surface area contributed by atoms with Crippen LogP contribution in [0.15, 0.2) is 11.6 Å². The number of carbonyl (C=O) groups is 1. The monoisotopic (exact) mass is 202 g/mol. The first kappa shape index (κ1) is 13.1. The van der Waals surface area contributed by atoms with Crippen LogP contribution in [0.25, 0.3) is 0 Å². The van der Waals surface area contributed by atoms with E-state index < -0.39 is 12.3 Å². The van der Waals surface area contributed by atoms with Gasteiger partial charge in [0.05, 0.1) is 0 Å². The molecule has 4 nitrogen and oxygen atoms in total. The zero-order valence-corrected chi connectivity index (χ0v) is 9.20. The molecular weight excluding hydrogens is 184 g/mol. The summed E-state index contributed by atoms with van der Waals surface area (Å²) in [6.07, 6.45) is 2.04. The molecule has 14 heavy (non-hydrogen) atoms. The van der Waals surface area contributed by atoms with Crippen molar-refractivity contribution in [1.29, 1.82) is 0 Å². The van der Waals surface area contributed by atoms with Crippen LogP contribution in [0.3, 0.4) is 0 Å². The Kier molecular flexibility index (Phi) is 7.06. The topological polar surface area (TPSA) is 44.8 Å². The Balaban J connectivity index is 3.79. The van der Waals surface area contributed by atoms with E-state index in [1.165, 1.54) is 0 Å². The third-order valence-electron chi connectivity index (χ3n) is 1.49. The molecule has 0 saturated carbocycles. The smallest absolute Gasteiger partial charge is 0.349 e. The van der Waals surface area contributed by atoms with Crippen molar-refractivity contribution in [3.05, 3.63) is 11.6 Å². The highest BCUT2D eigenvalue weighted by Crippen LogP contribution is 2.01. The number of ether oxygens (including phenoxy) is 1. The van der Waals surface area contributed by atoms with Crippen LogP contribution in [0, 0.1) is 0 Å². The maximum absolute atomic E-state index is 11.2. The van der Waals surface area contributed by atoms with Crippen LogP contribution < -0.4 is 0 Å². The van der Waals surface area contributed by atoms with E-state index in [9.17, 15) is 4.79 Å². The van der Waals surface area contributed by atoms with Crippen LogP contribution in [0.2, 0.25) is 0 Å². The van der Waals surface area contributed by atoms with E-state index in [-0.39, 0.29) is 0 Å². The van der Waals surface area contributed by atoms with Gasteiger partial charge >= 0.3 is 5.97 Å². The second-order valence-electron chi connectivity index (χ2n) is 2.79. The molecule has 0 aliphatic rings. The van der Waals surface area contributed by atoms with Gasteiger partial charge < -0.3 is 4.74 Å². The van der Waals surface area contributed by atoms with Crippen molar-refractivity contribution in [1.82, 2.24) is 0 Å². The molecule has 0 fully saturated rings. The Morgan fingerprint density at radius 1 is 1.43 bits per heavy atom. The van der Waals surface area contributed by atoms with Crippen molar-refractivity contribution < 1.29 is 19.3 Å². The van der Waals surface area contributed by atoms with Crippen LogP contribution in [-0.2, 0) is 19.3 Å². The molecule has 0 spiro atoms. The van der Waals surface area contributed by atoms with E-state index in [0.717, 1.165) is 6.42 Å². The molecule has 0 heterocycles. The second kappa shape index (κ2) is 7.53. The van der Waals surface area contributed by atoms with Gasteiger partial charge in [0.15, 0.2) is 6.29 Å². The van der Waals surface area contributed by atoms with Crippen LogP contribution in [0.4, 0.5) is 0 Å². The maximum Gasteiger partial charge on any atom is 0.368 e. The molecule has 0 saturated heterocycles. The first-order chi connectivity index (χ1) is 6.61. The zero-order chi connectivity index (χ0) is 11.0. The van der Waals surface area contributed by atoms with E-state index in [0.29, 0.717) is 12.2 Å². The first-order valence-corrected chi connectivity index (χ1v) is 4.77. The summed E-state index contributed by atoms with van der Waals surface area (Å²) in [6.45, 7) is 7.64. The standard InChI is InChI=1S/C10H18O4/c1-5-7-8(3)10(11)14-13-9(4)12-6-2/h7,9H,5-6H2,1-4H3. The molecule has 82 valence electrons. The SMILES string of the molecule is CCC=C(C)C(=O)OOC(C)OCC. The summed E-state index contributed by atoms with van der Waals surface area (Å²) in [5.74, 6) is -0.474. The molecule has 0 aliphatic carbocycles. The number of hydrogen-bond donors (Lipinski definition) is 0. The number of carbonyl (C=O) groups excluding carboxylic acids is 1. The highest BCUT2D eigenvalue weighted by Gasteiger charge is 2.09. The van der Waals surface area contributed by atoms with Crippen molar-refractivity contribution in [3.8, 4) is 0 Å². The van der Waals surface area contributed by atoms with E-state index in [1.54, 1.807) is 19.9 Å². The van der Waals surface area contributed by atoms with Crippen LogP contribution in [0.1, 0.15) is 34.1 Å². The molecule has 0 amide bonds. The molecule has 4 heteroatoms. The van der Waals surface area contributed by atoms with Crippen LogP contribution in [0.5, 0.6) is 0 Å². The van der Waals surface area contributed by atoms with Crippen LogP contribution >= 0.6 is 0 Å². The van der Waals surface area contributed by atoms with Gasteiger partial charge in [-0.2, -0.15) is 4.89 Å². The fourth-order valence-electron chi connectivity index (χ4n) is 0.829. The van der Waals surface area contributed by atoms with Crippen molar-refractivity contribution in [2.75, 3.05) is 6.61 Å². The highest BCUT2D eigenvalue weighted by atomic mass is 17.2. The quantitative estimate of drug-likeness (QED) is 0.286. The lowest BCUT2D eigenvalue weighted by atomic mass is 10.2. The summed E-state index contributed by atoms with van der Waals surface area (Å²) in [7, 11) is 0. The Bertz CT molecular complexity index is 198. The average Bonchev–Trinajstić information content (AvgIpc) is 2.15. The third kappa shape index (κ3) is 5.72. The number of allylic oxidation sites excluding steroid dienone is 1. The van der Waals surface area contributed by atoms with Crippen molar-refractivity contribution >= 4 is 5.97 Å². The Hall–Kier alpha value is -0.870. The molecule has 1 unspecified atom stereocenters. The first-order valence-electron chi connectivity index (χ1n) is 4.77. The van der Waals surface area contributed by atoms with Gasteiger partial charge in [-0.3, -0.25) is 4.89 Å². The molecule has 0 aromatic rings. The van der Waals surface area contributed by atoms with E-state index >= 15 is 0 Å². The van der Waals surface area contributed by atoms with Gasteiger partial charge in [-0.1, -0.05) is 13.0 Å². The van der Waals surface area contributed by atoms with Gasteiger partial charge in [0, 0.05) is 12.2 Å². The third-order valence-corrected chi connectivity index (χ3v) is 1.49.